The van der Waals surface area contributed by atoms with Crippen molar-refractivity contribution in [2.75, 3.05) is 0 Å². The van der Waals surface area contributed by atoms with Gasteiger partial charge in [-0.1, -0.05) is 83.5 Å². The number of Topliss-reactive ketones (excluding diaryl/α,β-unsaturated/α-hetero) is 2. The van der Waals surface area contributed by atoms with Crippen LogP contribution in [-0.4, -0.2) is 56.3 Å². The smallest absolute Gasteiger partial charge is 0.331 e. The van der Waals surface area contributed by atoms with Crippen molar-refractivity contribution in [1.82, 2.24) is 0 Å². The Morgan fingerprint density at radius 2 is 1.72 bits per heavy atom. The molecule has 0 saturated heterocycles. The summed E-state index contributed by atoms with van der Waals surface area (Å²) in [4.78, 5) is 39.8. The maximum atomic E-state index is 14.8. The normalized spacial score (nSPS) is 40.9. The Morgan fingerprint density at radius 1 is 1.04 bits per heavy atom. The van der Waals surface area contributed by atoms with Crippen molar-refractivity contribution in [3.8, 4) is 0 Å². The zero-order valence-electron chi connectivity index (χ0n) is 28.8. The molecule has 0 spiro atoms. The van der Waals surface area contributed by atoms with Crippen LogP contribution in [0.1, 0.15) is 98.5 Å². The number of allylic oxidation sites excluding steroid dienone is 1. The zero-order valence-corrected chi connectivity index (χ0v) is 28.8. The van der Waals surface area contributed by atoms with E-state index in [2.05, 4.69) is 20.8 Å². The van der Waals surface area contributed by atoms with E-state index in [0.29, 0.717) is 43.3 Å². The van der Waals surface area contributed by atoms with Gasteiger partial charge in [0.15, 0.2) is 5.78 Å². The lowest BCUT2D eigenvalue weighted by Gasteiger charge is -2.66. The molecular formula is C40H52O7. The molecule has 7 heteroatoms. The van der Waals surface area contributed by atoms with Crippen LogP contribution in [0.5, 0.6) is 0 Å². The second-order valence-electron chi connectivity index (χ2n) is 16.6. The molecule has 0 aliphatic heterocycles. The number of aliphatic carboxylic acids is 1. The predicted octanol–water partition coefficient (Wildman–Crippen LogP) is 6.32. The van der Waals surface area contributed by atoms with Gasteiger partial charge in [-0.05, 0) is 78.9 Å². The van der Waals surface area contributed by atoms with E-state index in [9.17, 15) is 34.8 Å². The van der Waals surface area contributed by atoms with E-state index in [-0.39, 0.29) is 35.4 Å². The van der Waals surface area contributed by atoms with Gasteiger partial charge in [-0.15, -0.1) is 0 Å². The minimum absolute atomic E-state index is 0.00931. The van der Waals surface area contributed by atoms with Gasteiger partial charge in [0.2, 0.25) is 0 Å². The summed E-state index contributed by atoms with van der Waals surface area (Å²) in [6.07, 6.45) is 6.76. The number of hydrogen-bond donors (Lipinski definition) is 4. The third-order valence-electron chi connectivity index (χ3n) is 14.2. The first-order valence-corrected chi connectivity index (χ1v) is 17.5. The average Bonchev–Trinajstić information content (AvgIpc) is 3.08. The summed E-state index contributed by atoms with van der Waals surface area (Å²) in [6, 6.07) is 9.90. The Labute approximate surface area is 278 Å². The van der Waals surface area contributed by atoms with E-state index in [0.717, 1.165) is 18.4 Å². The Bertz CT molecular complexity index is 1570. The summed E-state index contributed by atoms with van der Waals surface area (Å²) >= 11 is 0. The number of carboxylic acids is 1. The average molecular weight is 645 g/mol. The van der Waals surface area contributed by atoms with Gasteiger partial charge in [0, 0.05) is 46.2 Å². The van der Waals surface area contributed by atoms with Crippen LogP contribution in [0.15, 0.2) is 59.2 Å². The number of carbonyl (C=O) groups is 3. The third-order valence-corrected chi connectivity index (χ3v) is 14.2. The molecular weight excluding hydrogens is 592 g/mol. The van der Waals surface area contributed by atoms with Gasteiger partial charge in [-0.2, -0.15) is 0 Å². The molecule has 7 nitrogen and oxygen atoms in total. The second-order valence-corrected chi connectivity index (χ2v) is 16.6. The Kier molecular flexibility index (Phi) is 8.21. The van der Waals surface area contributed by atoms with E-state index >= 15 is 0 Å². The van der Waals surface area contributed by atoms with Crippen LogP contribution in [0.25, 0.3) is 6.08 Å². The maximum Gasteiger partial charge on any atom is 0.331 e. The molecule has 0 heterocycles. The first-order valence-electron chi connectivity index (χ1n) is 17.5. The highest BCUT2D eigenvalue weighted by atomic mass is 16.4. The van der Waals surface area contributed by atoms with Gasteiger partial charge in [0.05, 0.1) is 18.3 Å². The summed E-state index contributed by atoms with van der Waals surface area (Å²) < 4.78 is 0. The van der Waals surface area contributed by atoms with Crippen molar-refractivity contribution in [2.45, 2.75) is 111 Å². The molecule has 47 heavy (non-hydrogen) atoms. The van der Waals surface area contributed by atoms with Gasteiger partial charge in [-0.25, -0.2) is 4.79 Å². The lowest BCUT2D eigenvalue weighted by atomic mass is 9.36. The van der Waals surface area contributed by atoms with Crippen LogP contribution in [0, 0.1) is 44.8 Å². The number of ketones is 2. The molecule has 3 fully saturated rings. The van der Waals surface area contributed by atoms with E-state index in [1.165, 1.54) is 13.0 Å². The minimum Gasteiger partial charge on any atom is -0.478 e. The number of carboxylic acid groups (broad SMARTS) is 1. The van der Waals surface area contributed by atoms with Crippen molar-refractivity contribution in [3.05, 3.63) is 64.8 Å². The molecule has 2 bridgehead atoms. The number of aliphatic hydroxyl groups excluding tert-OH is 3. The van der Waals surface area contributed by atoms with Gasteiger partial charge in [0.1, 0.15) is 5.78 Å². The molecule has 10 unspecified atom stereocenters. The molecule has 5 aliphatic rings. The van der Waals surface area contributed by atoms with Crippen LogP contribution < -0.4 is 0 Å². The fourth-order valence-electron chi connectivity index (χ4n) is 12.2. The van der Waals surface area contributed by atoms with Crippen molar-refractivity contribution >= 4 is 23.6 Å². The first kappa shape index (κ1) is 34.0. The molecule has 5 aliphatic carbocycles. The Morgan fingerprint density at radius 3 is 2.38 bits per heavy atom. The van der Waals surface area contributed by atoms with E-state index in [1.54, 1.807) is 0 Å². The van der Waals surface area contributed by atoms with Gasteiger partial charge in [0.25, 0.3) is 0 Å². The van der Waals surface area contributed by atoms with Crippen LogP contribution in [-0.2, 0) is 14.4 Å². The van der Waals surface area contributed by atoms with Crippen molar-refractivity contribution in [2.24, 2.45) is 44.8 Å². The number of hydrogen-bond acceptors (Lipinski definition) is 6. The Balaban J connectivity index is 1.52. The topological polar surface area (TPSA) is 132 Å². The zero-order chi connectivity index (χ0) is 34.3. The molecule has 1 aromatic carbocycles. The fraction of sp³-hybridized carbons (Fsp3) is 0.625. The highest BCUT2D eigenvalue weighted by molar-refractivity contribution is 6.01. The van der Waals surface area contributed by atoms with Crippen LogP contribution in [0.3, 0.4) is 0 Å². The summed E-state index contributed by atoms with van der Waals surface area (Å²) in [5.74, 6) is -1.80. The number of aliphatic hydroxyl groups is 3. The van der Waals surface area contributed by atoms with E-state index < -0.39 is 57.3 Å². The largest absolute Gasteiger partial charge is 0.478 e. The summed E-state index contributed by atoms with van der Waals surface area (Å²) in [7, 11) is 0. The minimum atomic E-state index is -1.08. The molecule has 3 saturated carbocycles. The molecule has 6 rings (SSSR count). The maximum absolute atomic E-state index is 14.8. The highest BCUT2D eigenvalue weighted by Gasteiger charge is 2.77. The molecule has 254 valence electrons. The lowest BCUT2D eigenvalue weighted by Crippen LogP contribution is -2.65. The second kappa shape index (κ2) is 11.3. The van der Waals surface area contributed by atoms with Gasteiger partial charge >= 0.3 is 5.97 Å². The molecule has 0 aromatic heterocycles. The van der Waals surface area contributed by atoms with Gasteiger partial charge < -0.3 is 20.4 Å². The van der Waals surface area contributed by atoms with Crippen LogP contribution in [0.2, 0.25) is 0 Å². The van der Waals surface area contributed by atoms with Crippen molar-refractivity contribution in [1.29, 1.82) is 0 Å². The number of rotatable bonds is 7. The monoisotopic (exact) mass is 644 g/mol. The van der Waals surface area contributed by atoms with Gasteiger partial charge in [-0.3, -0.25) is 9.59 Å². The molecule has 4 N–H and O–H groups in total. The van der Waals surface area contributed by atoms with Crippen molar-refractivity contribution < 1.29 is 34.8 Å². The summed E-state index contributed by atoms with van der Waals surface area (Å²) in [6.45, 7) is 11.7. The predicted molar refractivity (Wildman–Crippen MR) is 180 cm³/mol. The SMILES string of the molecule is CC(=CC(O)CC(C)C12CCCC3(C4=C(C(=O)CC13C)C1(C)CCC(=O)C(C)(C)C1C(C=Cc1ccccc1)C4O)C(O)C2)C(=O)O. The quantitative estimate of drug-likeness (QED) is 0.256. The number of carbonyl (C=O) groups excluding carboxylic acids is 2. The lowest BCUT2D eigenvalue weighted by molar-refractivity contribution is -0.160. The fourth-order valence-corrected chi connectivity index (χ4v) is 12.2. The summed E-state index contributed by atoms with van der Waals surface area (Å²) in [5, 5.41) is 45.5. The Hall–Kier alpha value is -2.87. The summed E-state index contributed by atoms with van der Waals surface area (Å²) in [5.41, 5.74) is -1.03. The molecule has 1 aromatic rings. The molecule has 0 radical (unpaired) electrons. The first-order chi connectivity index (χ1) is 22.0. The third kappa shape index (κ3) is 4.59. The van der Waals surface area contributed by atoms with E-state index in [4.69, 9.17) is 0 Å². The van der Waals surface area contributed by atoms with Crippen LogP contribution >= 0.6 is 0 Å². The molecule has 10 atom stereocenters. The number of benzene rings is 1. The number of fused-ring (bicyclic) bond motifs is 2. The molecule has 0 amide bonds. The standard InChI is InChI=1S/C40H52O7/c1-23(35(46)47)19-26(41)20-24(2)39-16-10-17-40(30(44)22-39)32-31(28(42)21-38(39,40)6)37(5)18-15-29(43)36(3,4)34(37)27(33(32)45)14-13-25-11-8-7-9-12-25/h7-9,11-14,19,24,26-27,30,33-34,41,44-45H,10,15-18,20-22H2,1-6H3,(H,46,47). The van der Waals surface area contributed by atoms with Crippen LogP contribution in [0.4, 0.5) is 0 Å². The van der Waals surface area contributed by atoms with Crippen molar-refractivity contribution in [3.63, 3.8) is 0 Å². The highest BCUT2D eigenvalue weighted by Crippen LogP contribution is 2.80. The van der Waals surface area contributed by atoms with E-state index in [1.807, 2.05) is 56.3 Å².